The van der Waals surface area contributed by atoms with Crippen molar-refractivity contribution in [2.24, 2.45) is 17.4 Å². The van der Waals surface area contributed by atoms with Crippen molar-refractivity contribution in [1.82, 2.24) is 49.5 Å². The van der Waals surface area contributed by atoms with Crippen LogP contribution in [0.2, 0.25) is 0 Å². The topological polar surface area (TPSA) is 558 Å². The number of ketones is 3. The van der Waals surface area contributed by atoms with Crippen LogP contribution in [0.1, 0.15) is 207 Å². The first-order valence-electron chi connectivity index (χ1n) is 48.5. The summed E-state index contributed by atoms with van der Waals surface area (Å²) in [6.45, 7) is 15.2. The Hall–Kier alpha value is -8.57. The summed E-state index contributed by atoms with van der Waals surface area (Å²) < 4.78 is 91.7. The number of nitrogens with zero attached hydrogens (tertiary/aromatic N) is 9. The number of nitrogens with two attached hydrogens (primary N) is 3. The molecule has 0 saturated carbocycles. The summed E-state index contributed by atoms with van der Waals surface area (Å²) in [6.07, 6.45) is 16.3. The van der Waals surface area contributed by atoms with E-state index in [4.69, 9.17) is 77.5 Å². The summed E-state index contributed by atoms with van der Waals surface area (Å²) in [6, 6.07) is 24.9. The van der Waals surface area contributed by atoms with E-state index in [2.05, 4.69) is 65.2 Å². The Balaban J connectivity index is 0.000000225. The quantitative estimate of drug-likeness (QED) is 0.00321. The third kappa shape index (κ3) is 37.0. The number of hydrogen-bond acceptors (Lipinski definition) is 33. The van der Waals surface area contributed by atoms with Gasteiger partial charge < -0.3 is 105 Å². The molecule has 144 heavy (non-hydrogen) atoms. The average Bonchev–Trinajstić information content (AvgIpc) is 0.789. The molecule has 7 heterocycles. The van der Waals surface area contributed by atoms with Gasteiger partial charge in [-0.15, -0.1) is 23.2 Å². The normalized spacial score (nSPS) is 21.9. The van der Waals surface area contributed by atoms with Crippen LogP contribution in [0.4, 0.5) is 36.7 Å². The summed E-state index contributed by atoms with van der Waals surface area (Å²) >= 11 is 13.0. The molecule has 4 saturated heterocycles. The molecule has 6 aliphatic rings. The van der Waals surface area contributed by atoms with Crippen LogP contribution in [0.3, 0.4) is 0 Å². The fourth-order valence-electron chi connectivity index (χ4n) is 16.4. The van der Waals surface area contributed by atoms with Crippen molar-refractivity contribution in [2.75, 3.05) is 160 Å². The number of phenols is 2. The number of amides is 3. The number of ether oxygens (including phenoxy) is 4. The Morgan fingerprint density at radius 1 is 0.833 bits per heavy atom. The molecule has 0 bridgehead atoms. The number of urea groups is 1. The molecule has 46 heteroatoms. The number of quaternary nitrogens is 1. The number of rotatable bonds is 43. The van der Waals surface area contributed by atoms with E-state index in [-0.39, 0.29) is 77.1 Å². The molecule has 3 amide bonds. The van der Waals surface area contributed by atoms with E-state index in [0.717, 1.165) is 92.0 Å². The number of benzene rings is 4. The van der Waals surface area contributed by atoms with Crippen molar-refractivity contribution in [2.45, 2.75) is 210 Å². The zero-order valence-corrected chi connectivity index (χ0v) is 87.5. The molecule has 39 nitrogen and oxygen atoms in total. The van der Waals surface area contributed by atoms with E-state index in [9.17, 15) is 77.1 Å². The molecule has 4 aliphatic heterocycles. The maximum atomic E-state index is 13.7. The Morgan fingerprint density at radius 3 is 2.04 bits per heavy atom. The number of methoxy groups -OCH3 is 1. The number of nitrogens with one attached hydrogen (secondary N) is 4. The average molecular weight is 2120 g/mol. The lowest BCUT2D eigenvalue weighted by Crippen LogP contribution is -2.52. The number of fused-ring (bicyclic) bond motifs is 3. The fourth-order valence-corrected chi connectivity index (χ4v) is 20.8. The van der Waals surface area contributed by atoms with Gasteiger partial charge in [-0.3, -0.25) is 48.0 Å². The van der Waals surface area contributed by atoms with Gasteiger partial charge in [-0.2, -0.15) is 25.5 Å². The van der Waals surface area contributed by atoms with E-state index in [1.165, 1.54) is 120 Å². The molecule has 0 radical (unpaired) electrons. The van der Waals surface area contributed by atoms with Gasteiger partial charge in [0.1, 0.15) is 42.2 Å². The highest BCUT2D eigenvalue weighted by Crippen LogP contribution is 2.53. The Kier molecular flexibility index (Phi) is 49.9. The molecular weight excluding hydrogens is 1970 g/mol. The first-order chi connectivity index (χ1) is 68.5. The molecule has 0 spiro atoms. The second-order valence-corrected chi connectivity index (χ2v) is 42.6. The number of aryl methyl sites for hydroxylation is 1. The van der Waals surface area contributed by atoms with Gasteiger partial charge >= 0.3 is 25.3 Å². The Bertz CT molecular complexity index is 5370. The van der Waals surface area contributed by atoms with Gasteiger partial charge in [0.2, 0.25) is 12.2 Å². The van der Waals surface area contributed by atoms with Crippen molar-refractivity contribution >= 4 is 103 Å². The number of nitrogen functional groups attached to an aromatic ring is 1. The summed E-state index contributed by atoms with van der Waals surface area (Å²) in [5, 5.41) is 78.5. The number of phosphoric acid groups is 1. The van der Waals surface area contributed by atoms with Crippen molar-refractivity contribution in [3.8, 4) is 22.8 Å². The van der Waals surface area contributed by atoms with Gasteiger partial charge in [-0.1, -0.05) is 133 Å². The predicted molar refractivity (Wildman–Crippen MR) is 545 cm³/mol. The van der Waals surface area contributed by atoms with Crippen LogP contribution >= 0.6 is 50.5 Å². The highest BCUT2D eigenvalue weighted by molar-refractivity contribution is 7.99. The number of aliphatic hydroxyl groups excluding tert-OH is 3. The van der Waals surface area contributed by atoms with Crippen LogP contribution in [0.15, 0.2) is 121 Å². The van der Waals surface area contributed by atoms with E-state index in [0.29, 0.717) is 70.9 Å². The highest BCUT2D eigenvalue weighted by atomic mass is 35.5. The van der Waals surface area contributed by atoms with Gasteiger partial charge in [-0.25, -0.2) is 34.8 Å². The number of Topliss-reactive ketones (excluding diaryl/α,β-unsaturated/α-hetero) is 1. The zero-order valence-electron chi connectivity index (χ0n) is 83.4. The number of hydrogen-bond donors (Lipinski definition) is 14. The van der Waals surface area contributed by atoms with Crippen LogP contribution in [-0.4, -0.2) is 301 Å². The number of phosphoric ester groups is 1. The lowest BCUT2D eigenvalue weighted by molar-refractivity contribution is -0.870. The number of aromatic hydroxyl groups is 2. The number of phenolic OH excluding ortho intramolecular Hbond substituents is 2. The SMILES string of the molecule is CC(=O)[C@]1(O)Cc2c(O)c3c(c(O)c2[C@@H](O[C@H]2C[C@H](N)[C@H](O)[C@H](C)O2)C1)C(=O)c1ccccc1C3=O.CCCCCCCCCCCCCCCCSCC(COC)COP(=O)([O-])OCC[N+](C)(C)C.Cc1ccc(NC(=O)c2ccc(CN3CCN(C)CC3)cc2)cc1Nc1nccc(-c2cccnc2)n1.NC(=O)NO.Nc1ccn([C@@H]2O[C@H](CO)[C@@H](O)C2(F)F)c(=O)n1.O=P1(NCCCl)OCCCN1CCCl. The summed E-state index contributed by atoms with van der Waals surface area (Å²) in [5.74, 6) is -3.69. The Labute approximate surface area is 854 Å². The standard InChI is InChI=1S/C29H31N7O.C26H27NO9.C26H56NO5PS.C9H11F2N3O4.C7H15Cl2N2O2P.CH4N2O2/c1-21-5-10-25(18-27(21)34-29-31-13-11-26(33-29)24-4-3-12-30-19-24)32-28(37)23-8-6-22(7-9-23)20-36-16-14-35(2)15-17-36;1-10-21(29)15(27)7-17(35-10)36-16-9-26(34,11(2)28)8-14-18(16)25(33)20-19(24(14)32)22(30)12-5-3-4-6-13(12)23(20)31;1-6-7-8-9-10-11-12-13-14-15-16-17-18-19-22-34-25-26(23-30-5)24-32-33(28,29)31-21-20-27(2,3)4;10-9(11)6(16)4(3-15)18-7(9)14-2-1-5(12)13-8(14)17;8-2-4-10-14(12)11(6-3-9)5-1-7-13-14;2-1(4)3-5/h3-13,18-19H,14-17,20H2,1-2H3,(H,32,37)(H,31,33,34);3-6,10,15-17,21,29,32-34H,7-9,27H2,1-2H3;26H,6-25H2,1-5H3;1-2,4,6-7,15-16H,3H2,(H2,12,13,17);1-7H2,(H,10,12);5H,(H3,2,3,4)/t;10-,15-,16-,17-,21+,26-;;4-,6-,7-;;/m.0.1../s1. The number of carbonyl (C=O) groups excluding carboxylic acids is 5. The molecular formula is C98H144Cl2F2N16O23P2S. The number of halogens is 4. The minimum atomic E-state index is -4.26. The molecule has 17 N–H and O–H groups in total. The van der Waals surface area contributed by atoms with Crippen LogP contribution in [0.5, 0.6) is 11.5 Å². The maximum Gasteiger partial charge on any atom is 0.351 e. The number of anilines is 4. The number of aromatic nitrogens is 5. The molecule has 12 atom stereocenters. The number of hydroxylamine groups is 1. The summed E-state index contributed by atoms with van der Waals surface area (Å²) in [5.41, 5.74) is 19.1. The monoisotopic (exact) mass is 2110 g/mol. The number of primary amides is 1. The number of carbonyl (C=O) groups is 5. The van der Waals surface area contributed by atoms with Gasteiger partial charge in [0.15, 0.2) is 29.7 Å². The lowest BCUT2D eigenvalue weighted by atomic mass is 9.72. The second kappa shape index (κ2) is 59.6. The van der Waals surface area contributed by atoms with E-state index < -0.39 is 130 Å². The maximum absolute atomic E-state index is 13.7. The van der Waals surface area contributed by atoms with Gasteiger partial charge in [0.05, 0.1) is 82.7 Å². The van der Waals surface area contributed by atoms with Crippen molar-refractivity contribution in [3.05, 3.63) is 176 Å². The second-order valence-electron chi connectivity index (χ2n) is 37.1. The van der Waals surface area contributed by atoms with Crippen LogP contribution < -0.4 is 49.0 Å². The third-order valence-corrected chi connectivity index (χ3v) is 29.6. The predicted octanol–water partition coefficient (Wildman–Crippen LogP) is 11.9. The molecule has 3 unspecified atom stereocenters. The smallest absolute Gasteiger partial charge is 0.351 e. The largest absolute Gasteiger partial charge is 0.756 e. The van der Waals surface area contributed by atoms with Crippen molar-refractivity contribution in [3.63, 3.8) is 0 Å². The minimum absolute atomic E-state index is 0.00588. The van der Waals surface area contributed by atoms with E-state index >= 15 is 0 Å². The number of thioether (sulfide) groups is 1. The molecule has 798 valence electrons. The van der Waals surface area contributed by atoms with Crippen molar-refractivity contribution in [1.29, 1.82) is 0 Å². The molecule has 4 aromatic carbocycles. The fraction of sp³-hybridized carbons (Fsp3) is 0.571. The number of alkyl halides is 4. The van der Waals surface area contributed by atoms with E-state index in [1.54, 1.807) is 49.4 Å². The van der Waals surface area contributed by atoms with Gasteiger partial charge in [0, 0.05) is 178 Å². The summed E-state index contributed by atoms with van der Waals surface area (Å²) in [4.78, 5) is 106. The number of likely N-dealkylation sites (N-methyl/N-ethyl adjacent to an activating group) is 2. The highest BCUT2D eigenvalue weighted by Gasteiger charge is 2.60. The van der Waals surface area contributed by atoms with Gasteiger partial charge in [0.25, 0.3) is 13.7 Å². The van der Waals surface area contributed by atoms with Gasteiger partial charge in [-0.05, 0) is 106 Å². The van der Waals surface area contributed by atoms with Crippen LogP contribution in [0, 0.1) is 12.8 Å². The minimum Gasteiger partial charge on any atom is -0.756 e. The molecule has 7 aromatic rings. The number of pyridine rings is 1. The number of piperazine rings is 1. The molecule has 3 aromatic heterocycles. The summed E-state index contributed by atoms with van der Waals surface area (Å²) in [7, 11) is 2.67. The number of aliphatic hydroxyl groups is 4. The first kappa shape index (κ1) is 121. The van der Waals surface area contributed by atoms with Crippen LogP contribution in [-0.2, 0) is 59.4 Å². The third-order valence-electron chi connectivity index (χ3n) is 24.7. The van der Waals surface area contributed by atoms with Crippen molar-refractivity contribution < 1.29 is 120 Å². The first-order valence-corrected chi connectivity index (χ1v) is 53.7. The lowest BCUT2D eigenvalue weighted by Gasteiger charge is -2.42. The molecule has 4 fully saturated rings. The zero-order chi connectivity index (χ0) is 105. The van der Waals surface area contributed by atoms with E-state index in [1.807, 2.05) is 100 Å². The van der Waals surface area contributed by atoms with Crippen LogP contribution in [0.25, 0.3) is 11.3 Å². The Morgan fingerprint density at radius 2 is 1.47 bits per heavy atom. The molecule has 13 rings (SSSR count). The number of unbranched alkanes of at least 4 members (excludes halogenated alkanes) is 13. The molecule has 2 aliphatic carbocycles.